The second kappa shape index (κ2) is 6.79. The lowest BCUT2D eigenvalue weighted by atomic mass is 10.2. The predicted molar refractivity (Wildman–Crippen MR) is 103 cm³/mol. The van der Waals surface area contributed by atoms with Crippen molar-refractivity contribution in [2.75, 3.05) is 6.61 Å². The van der Waals surface area contributed by atoms with Crippen LogP contribution in [0.15, 0.2) is 55.1 Å². The Labute approximate surface area is 160 Å². The molecule has 4 heterocycles. The van der Waals surface area contributed by atoms with E-state index >= 15 is 0 Å². The highest BCUT2D eigenvalue weighted by Crippen LogP contribution is 2.32. The summed E-state index contributed by atoms with van der Waals surface area (Å²) >= 11 is 6.13. The van der Waals surface area contributed by atoms with Crippen LogP contribution < -0.4 is 4.74 Å². The molecule has 0 bridgehead atoms. The molecule has 3 aromatic heterocycles. The number of pyridine rings is 1. The summed E-state index contributed by atoms with van der Waals surface area (Å²) in [5.74, 6) is 0.756. The van der Waals surface area contributed by atoms with E-state index in [-0.39, 0.29) is 12.3 Å². The fourth-order valence-corrected chi connectivity index (χ4v) is 3.70. The summed E-state index contributed by atoms with van der Waals surface area (Å²) in [4.78, 5) is 12.8. The van der Waals surface area contributed by atoms with Crippen molar-refractivity contribution in [3.05, 3.63) is 60.3 Å². The van der Waals surface area contributed by atoms with Gasteiger partial charge < -0.3 is 14.0 Å². The number of hydrogen-bond acceptors (Lipinski definition) is 5. The molecule has 5 rings (SSSR count). The van der Waals surface area contributed by atoms with Crippen molar-refractivity contribution in [2.45, 2.75) is 25.2 Å². The molecule has 0 unspecified atom stereocenters. The van der Waals surface area contributed by atoms with Gasteiger partial charge in [0.1, 0.15) is 35.7 Å². The van der Waals surface area contributed by atoms with Crippen LogP contribution in [0.4, 0.5) is 0 Å². The zero-order valence-electron chi connectivity index (χ0n) is 14.5. The van der Waals surface area contributed by atoms with Gasteiger partial charge in [0.25, 0.3) is 0 Å². The largest absolute Gasteiger partial charge is 0.489 e. The molecule has 6 nitrogen and oxygen atoms in total. The number of hydrogen-bond donors (Lipinski definition) is 0. The lowest BCUT2D eigenvalue weighted by Gasteiger charge is -2.16. The average Bonchev–Trinajstić information content (AvgIpc) is 3.33. The molecule has 0 aliphatic carbocycles. The third-order valence-corrected chi connectivity index (χ3v) is 5.16. The number of rotatable bonds is 4. The number of benzene rings is 1. The van der Waals surface area contributed by atoms with E-state index in [1.807, 2.05) is 47.2 Å². The van der Waals surface area contributed by atoms with Gasteiger partial charge in [-0.3, -0.25) is 4.98 Å². The van der Waals surface area contributed by atoms with Crippen LogP contribution in [-0.4, -0.2) is 32.2 Å². The van der Waals surface area contributed by atoms with Gasteiger partial charge in [0.15, 0.2) is 0 Å². The van der Waals surface area contributed by atoms with E-state index < -0.39 is 0 Å². The van der Waals surface area contributed by atoms with Crippen LogP contribution >= 0.6 is 11.6 Å². The molecule has 4 aromatic rings. The first kappa shape index (κ1) is 16.5. The number of fused-ring (bicyclic) bond motifs is 2. The minimum atomic E-state index is -0.0724. The van der Waals surface area contributed by atoms with Gasteiger partial charge in [-0.1, -0.05) is 29.8 Å². The summed E-state index contributed by atoms with van der Waals surface area (Å²) in [6.07, 6.45) is 6.95. The molecule has 2 atom stereocenters. The minimum Gasteiger partial charge on any atom is -0.489 e. The molecule has 0 radical (unpaired) electrons. The van der Waals surface area contributed by atoms with Crippen LogP contribution in [0.25, 0.3) is 21.9 Å². The fourth-order valence-electron chi connectivity index (χ4n) is 3.51. The monoisotopic (exact) mass is 380 g/mol. The number of ether oxygens (including phenoxy) is 2. The number of para-hydroxylation sites is 1. The molecule has 0 amide bonds. The first-order valence-electron chi connectivity index (χ1n) is 8.88. The Balaban J connectivity index is 1.27. The van der Waals surface area contributed by atoms with E-state index in [4.69, 9.17) is 21.1 Å². The van der Waals surface area contributed by atoms with Crippen LogP contribution in [0.3, 0.4) is 0 Å². The van der Waals surface area contributed by atoms with Gasteiger partial charge >= 0.3 is 0 Å². The van der Waals surface area contributed by atoms with Gasteiger partial charge in [-0.2, -0.15) is 0 Å². The Morgan fingerprint density at radius 3 is 3.04 bits per heavy atom. The molecule has 27 heavy (non-hydrogen) atoms. The maximum Gasteiger partial charge on any atom is 0.146 e. The van der Waals surface area contributed by atoms with Crippen molar-refractivity contribution in [3.8, 4) is 5.75 Å². The van der Waals surface area contributed by atoms with E-state index in [1.54, 1.807) is 6.20 Å². The quantitative estimate of drug-likeness (QED) is 0.491. The highest BCUT2D eigenvalue weighted by Gasteiger charge is 2.28. The van der Waals surface area contributed by atoms with Gasteiger partial charge in [0, 0.05) is 11.6 Å². The van der Waals surface area contributed by atoms with Crippen molar-refractivity contribution >= 4 is 33.5 Å². The molecular formula is C20H17ClN4O2. The van der Waals surface area contributed by atoms with Gasteiger partial charge in [0.05, 0.1) is 23.2 Å². The lowest BCUT2D eigenvalue weighted by Crippen LogP contribution is -2.18. The number of nitrogens with zero attached hydrogens (tertiary/aromatic N) is 4. The topological polar surface area (TPSA) is 62.1 Å². The third-order valence-electron chi connectivity index (χ3n) is 4.86. The van der Waals surface area contributed by atoms with Crippen molar-refractivity contribution in [1.29, 1.82) is 0 Å². The second-order valence-corrected chi connectivity index (χ2v) is 6.95. The van der Waals surface area contributed by atoms with Crippen LogP contribution in [0.5, 0.6) is 5.75 Å². The number of halogens is 1. The highest BCUT2D eigenvalue weighted by molar-refractivity contribution is 6.33. The van der Waals surface area contributed by atoms with Gasteiger partial charge in [0.2, 0.25) is 0 Å². The van der Waals surface area contributed by atoms with Gasteiger partial charge in [-0.25, -0.2) is 9.97 Å². The Kier molecular flexibility index (Phi) is 4.14. The van der Waals surface area contributed by atoms with E-state index in [0.29, 0.717) is 11.8 Å². The Morgan fingerprint density at radius 1 is 1.15 bits per heavy atom. The lowest BCUT2D eigenvalue weighted by molar-refractivity contribution is -0.0156. The molecule has 1 aromatic carbocycles. The zero-order chi connectivity index (χ0) is 18.2. The molecule has 0 saturated carbocycles. The normalized spacial score (nSPS) is 19.7. The predicted octanol–water partition coefficient (Wildman–Crippen LogP) is 4.39. The minimum absolute atomic E-state index is 0.0243. The first-order chi connectivity index (χ1) is 13.3. The van der Waals surface area contributed by atoms with E-state index in [9.17, 15) is 0 Å². The summed E-state index contributed by atoms with van der Waals surface area (Å²) in [5, 5.41) is 2.36. The maximum absolute atomic E-state index is 6.18. The molecule has 1 aliphatic rings. The molecular weight excluding hydrogens is 364 g/mol. The average molecular weight is 381 g/mol. The first-order valence-corrected chi connectivity index (χ1v) is 9.26. The SMILES string of the molecule is Clc1ncnc2c1ccn2[C@H]1CC[C@@H](COc2cnc3ccccc3c2)O1. The summed E-state index contributed by atoms with van der Waals surface area (Å²) in [7, 11) is 0. The Morgan fingerprint density at radius 2 is 2.07 bits per heavy atom. The Bertz CT molecular complexity index is 1110. The van der Waals surface area contributed by atoms with Gasteiger partial charge in [-0.15, -0.1) is 0 Å². The summed E-state index contributed by atoms with van der Waals surface area (Å²) in [5.41, 5.74) is 1.75. The van der Waals surface area contributed by atoms with Crippen LogP contribution in [0.1, 0.15) is 19.1 Å². The van der Waals surface area contributed by atoms with Crippen molar-refractivity contribution in [2.24, 2.45) is 0 Å². The molecule has 1 aliphatic heterocycles. The van der Waals surface area contributed by atoms with E-state index in [0.717, 1.165) is 40.5 Å². The Hall–Kier alpha value is -2.70. The molecule has 0 spiro atoms. The molecule has 136 valence electrons. The number of aromatic nitrogens is 4. The third kappa shape index (κ3) is 3.11. The molecule has 1 saturated heterocycles. The fraction of sp³-hybridized carbons (Fsp3) is 0.250. The van der Waals surface area contributed by atoms with Crippen LogP contribution in [0, 0.1) is 0 Å². The van der Waals surface area contributed by atoms with Gasteiger partial charge in [-0.05, 0) is 31.0 Å². The molecule has 0 N–H and O–H groups in total. The summed E-state index contributed by atoms with van der Waals surface area (Å²) in [6.45, 7) is 0.492. The van der Waals surface area contributed by atoms with Crippen molar-refractivity contribution in [3.63, 3.8) is 0 Å². The second-order valence-electron chi connectivity index (χ2n) is 6.59. The van der Waals surface area contributed by atoms with Crippen LogP contribution in [-0.2, 0) is 4.74 Å². The summed E-state index contributed by atoms with van der Waals surface area (Å²) in [6, 6.07) is 11.9. The molecule has 1 fully saturated rings. The van der Waals surface area contributed by atoms with E-state index in [2.05, 4.69) is 15.0 Å². The zero-order valence-corrected chi connectivity index (χ0v) is 15.2. The highest BCUT2D eigenvalue weighted by atomic mass is 35.5. The van der Waals surface area contributed by atoms with Crippen LogP contribution in [0.2, 0.25) is 5.15 Å². The van der Waals surface area contributed by atoms with E-state index in [1.165, 1.54) is 6.33 Å². The maximum atomic E-state index is 6.18. The smallest absolute Gasteiger partial charge is 0.146 e. The standard InChI is InChI=1S/C20H17ClN4O2/c21-19-16-7-8-25(20(16)24-12-23-19)18-6-5-14(27-18)11-26-15-9-13-3-1-2-4-17(13)22-10-15/h1-4,7-10,12,14,18H,5-6,11H2/t14-,18+/m0/s1. The summed E-state index contributed by atoms with van der Waals surface area (Å²) < 4.78 is 14.1. The van der Waals surface area contributed by atoms with Crippen molar-refractivity contribution in [1.82, 2.24) is 19.5 Å². The molecule has 7 heteroatoms. The van der Waals surface area contributed by atoms with Crippen molar-refractivity contribution < 1.29 is 9.47 Å².